The molecule has 2 fully saturated rings. The van der Waals surface area contributed by atoms with Crippen molar-refractivity contribution in [1.82, 2.24) is 9.47 Å². The Kier molecular flexibility index (Phi) is 7.77. The summed E-state index contributed by atoms with van der Waals surface area (Å²) in [6.07, 6.45) is 5.62. The number of nitrogens with zero attached hydrogens (tertiary/aromatic N) is 3. The summed E-state index contributed by atoms with van der Waals surface area (Å²) >= 11 is 0. The molecule has 1 saturated carbocycles. The number of hydrogen-bond donors (Lipinski definition) is 0. The Bertz CT molecular complexity index is 1080. The predicted octanol–water partition coefficient (Wildman–Crippen LogP) is 4.12. The first-order chi connectivity index (χ1) is 16.4. The number of hydrogen-bond acceptors (Lipinski definition) is 4. The van der Waals surface area contributed by atoms with Gasteiger partial charge in [-0.1, -0.05) is 37.8 Å². The number of aryl methyl sites for hydroxylation is 3. The first-order valence-electron chi connectivity index (χ1n) is 12.7. The van der Waals surface area contributed by atoms with E-state index in [1.54, 1.807) is 13.2 Å². The molecule has 1 aromatic carbocycles. The normalized spacial score (nSPS) is 16.9. The van der Waals surface area contributed by atoms with Gasteiger partial charge in [-0.15, -0.1) is 0 Å². The Morgan fingerprint density at radius 2 is 1.74 bits per heavy atom. The Morgan fingerprint density at radius 1 is 1.03 bits per heavy atom. The molecule has 1 aromatic heterocycles. The molecule has 4 rings (SSSR count). The quantitative estimate of drug-likeness (QED) is 0.617. The van der Waals surface area contributed by atoms with Crippen LogP contribution in [0.3, 0.4) is 0 Å². The molecule has 1 saturated heterocycles. The van der Waals surface area contributed by atoms with Crippen LogP contribution in [-0.2, 0) is 17.7 Å². The second-order valence-corrected chi connectivity index (χ2v) is 10.0. The van der Waals surface area contributed by atoms with Crippen LogP contribution in [-0.4, -0.2) is 55.3 Å². The topological polar surface area (TPSA) is 54.8 Å². The van der Waals surface area contributed by atoms with Gasteiger partial charge in [-0.2, -0.15) is 0 Å². The van der Waals surface area contributed by atoms with E-state index in [4.69, 9.17) is 4.74 Å². The Morgan fingerprint density at radius 3 is 2.41 bits per heavy atom. The number of methoxy groups -OCH3 is 1. The van der Waals surface area contributed by atoms with Crippen LogP contribution in [0.2, 0.25) is 0 Å². The number of aromatic nitrogens is 1. The molecular weight excluding hydrogens is 426 g/mol. The third-order valence-electron chi connectivity index (χ3n) is 7.59. The highest BCUT2D eigenvalue weighted by molar-refractivity contribution is 5.95. The highest BCUT2D eigenvalue weighted by Crippen LogP contribution is 2.30. The van der Waals surface area contributed by atoms with Crippen molar-refractivity contribution >= 4 is 11.6 Å². The number of carbonyl (C=O) groups excluding carboxylic acids is 1. The van der Waals surface area contributed by atoms with Crippen molar-refractivity contribution in [1.29, 1.82) is 0 Å². The van der Waals surface area contributed by atoms with Gasteiger partial charge in [0.1, 0.15) is 5.56 Å². The summed E-state index contributed by atoms with van der Waals surface area (Å²) in [5, 5.41) is 0. The molecule has 6 heteroatoms. The number of benzene rings is 1. The standard InChI is InChI=1S/C28H39N3O3/c1-20-9-10-21(2)24(17-20)29-11-13-30(14-12-29)28(33)27-25(19-23-7-5-6-8-23)31(15-16-34-4)22(3)18-26(27)32/h9-10,17-18,23H,5-8,11-16,19H2,1-4H3. The van der Waals surface area contributed by atoms with E-state index in [0.29, 0.717) is 37.7 Å². The van der Waals surface area contributed by atoms with Gasteiger partial charge in [-0.05, 0) is 50.3 Å². The average Bonchev–Trinajstić information content (AvgIpc) is 3.33. The first-order valence-corrected chi connectivity index (χ1v) is 12.7. The van der Waals surface area contributed by atoms with Crippen molar-refractivity contribution in [2.75, 3.05) is 44.8 Å². The van der Waals surface area contributed by atoms with Crippen LogP contribution in [0, 0.1) is 26.7 Å². The van der Waals surface area contributed by atoms with Crippen molar-refractivity contribution in [2.24, 2.45) is 5.92 Å². The van der Waals surface area contributed by atoms with Crippen LogP contribution in [0.4, 0.5) is 5.69 Å². The molecule has 2 heterocycles. The van der Waals surface area contributed by atoms with Gasteiger partial charge in [-0.25, -0.2) is 0 Å². The zero-order valence-electron chi connectivity index (χ0n) is 21.2. The largest absolute Gasteiger partial charge is 0.383 e. The van der Waals surface area contributed by atoms with Crippen LogP contribution in [0.25, 0.3) is 0 Å². The third-order valence-corrected chi connectivity index (χ3v) is 7.59. The third kappa shape index (κ3) is 5.22. The fraction of sp³-hybridized carbons (Fsp3) is 0.571. The summed E-state index contributed by atoms with van der Waals surface area (Å²) in [5.41, 5.74) is 5.80. The highest BCUT2D eigenvalue weighted by Gasteiger charge is 2.29. The van der Waals surface area contributed by atoms with Crippen molar-refractivity contribution in [3.63, 3.8) is 0 Å². The fourth-order valence-electron chi connectivity index (χ4n) is 5.62. The smallest absolute Gasteiger partial charge is 0.259 e. The average molecular weight is 466 g/mol. The van der Waals surface area contributed by atoms with Crippen molar-refractivity contribution < 1.29 is 9.53 Å². The fourth-order valence-corrected chi connectivity index (χ4v) is 5.62. The van der Waals surface area contributed by atoms with Gasteiger partial charge in [0.2, 0.25) is 0 Å². The molecule has 0 atom stereocenters. The molecule has 184 valence electrons. The minimum atomic E-state index is -0.138. The summed E-state index contributed by atoms with van der Waals surface area (Å²) < 4.78 is 7.50. The SMILES string of the molecule is COCCn1c(C)cc(=O)c(C(=O)N2CCN(c3cc(C)ccc3C)CC2)c1CC1CCCC1. The highest BCUT2D eigenvalue weighted by atomic mass is 16.5. The van der Waals surface area contributed by atoms with Gasteiger partial charge in [0.05, 0.1) is 6.61 Å². The molecule has 6 nitrogen and oxygen atoms in total. The lowest BCUT2D eigenvalue weighted by Gasteiger charge is -2.37. The van der Waals surface area contributed by atoms with Gasteiger partial charge in [0.25, 0.3) is 5.91 Å². The molecule has 0 unspecified atom stereocenters. The van der Waals surface area contributed by atoms with Crippen molar-refractivity contribution in [2.45, 2.75) is 59.4 Å². The minimum absolute atomic E-state index is 0.107. The number of carbonyl (C=O) groups is 1. The number of piperazine rings is 1. The van der Waals surface area contributed by atoms with E-state index in [1.807, 2.05) is 11.8 Å². The van der Waals surface area contributed by atoms with Crippen molar-refractivity contribution in [3.8, 4) is 0 Å². The Hall–Kier alpha value is -2.60. The summed E-state index contributed by atoms with van der Waals surface area (Å²) in [4.78, 5) is 31.2. The van der Waals surface area contributed by atoms with E-state index < -0.39 is 0 Å². The number of ether oxygens (including phenoxy) is 1. The zero-order valence-corrected chi connectivity index (χ0v) is 21.2. The van der Waals surface area contributed by atoms with E-state index in [0.717, 1.165) is 30.9 Å². The van der Waals surface area contributed by atoms with Gasteiger partial charge >= 0.3 is 0 Å². The van der Waals surface area contributed by atoms with Crippen molar-refractivity contribution in [3.05, 3.63) is 62.6 Å². The summed E-state index contributed by atoms with van der Waals surface area (Å²) in [7, 11) is 1.69. The van der Waals surface area contributed by atoms with Gasteiger partial charge in [-0.3, -0.25) is 9.59 Å². The molecule has 0 N–H and O–H groups in total. The van der Waals surface area contributed by atoms with Crippen LogP contribution < -0.4 is 10.3 Å². The molecule has 0 spiro atoms. The molecule has 2 aliphatic rings. The Labute approximate surface area is 203 Å². The lowest BCUT2D eigenvalue weighted by Crippen LogP contribution is -2.50. The maximum absolute atomic E-state index is 13.8. The molecule has 0 radical (unpaired) electrons. The maximum Gasteiger partial charge on any atom is 0.259 e. The molecule has 1 aliphatic carbocycles. The van der Waals surface area contributed by atoms with Crippen LogP contribution in [0.5, 0.6) is 0 Å². The molecular formula is C28H39N3O3. The zero-order chi connectivity index (χ0) is 24.2. The second kappa shape index (κ2) is 10.8. The van der Waals surface area contributed by atoms with Gasteiger partial charge in [0, 0.05) is 63.0 Å². The maximum atomic E-state index is 13.8. The second-order valence-electron chi connectivity index (χ2n) is 10.0. The summed E-state index contributed by atoms with van der Waals surface area (Å²) in [6, 6.07) is 8.15. The van der Waals surface area contributed by atoms with E-state index in [1.165, 1.54) is 42.5 Å². The van der Waals surface area contributed by atoms with Crippen LogP contribution in [0.15, 0.2) is 29.1 Å². The lowest BCUT2D eigenvalue weighted by molar-refractivity contribution is 0.0742. The Balaban J connectivity index is 1.59. The molecule has 2 aromatic rings. The van der Waals surface area contributed by atoms with E-state index >= 15 is 0 Å². The first kappa shape index (κ1) is 24.5. The molecule has 1 amide bonds. The monoisotopic (exact) mass is 465 g/mol. The summed E-state index contributed by atoms with van der Waals surface area (Å²) in [6.45, 7) is 10.2. The van der Waals surface area contributed by atoms with Crippen LogP contribution >= 0.6 is 0 Å². The van der Waals surface area contributed by atoms with Crippen LogP contribution in [0.1, 0.15) is 58.6 Å². The number of rotatable bonds is 7. The minimum Gasteiger partial charge on any atom is -0.383 e. The van der Waals surface area contributed by atoms with Gasteiger partial charge < -0.3 is 19.1 Å². The van der Waals surface area contributed by atoms with E-state index in [2.05, 4.69) is 41.5 Å². The van der Waals surface area contributed by atoms with E-state index in [9.17, 15) is 9.59 Å². The van der Waals surface area contributed by atoms with E-state index in [-0.39, 0.29) is 11.3 Å². The molecule has 0 bridgehead atoms. The number of anilines is 1. The molecule has 1 aliphatic heterocycles. The van der Waals surface area contributed by atoms with Gasteiger partial charge in [0.15, 0.2) is 5.43 Å². The number of amides is 1. The number of pyridine rings is 1. The lowest BCUT2D eigenvalue weighted by atomic mass is 9.96. The molecule has 34 heavy (non-hydrogen) atoms. The predicted molar refractivity (Wildman–Crippen MR) is 137 cm³/mol. The summed E-state index contributed by atoms with van der Waals surface area (Å²) in [5.74, 6) is 0.437.